The highest BCUT2D eigenvalue weighted by atomic mass is 79.9. The molecule has 1 atom stereocenters. The first-order chi connectivity index (χ1) is 5.88. The second kappa shape index (κ2) is 3.65. The summed E-state index contributed by atoms with van der Waals surface area (Å²) in [5.41, 5.74) is 0. The number of nitrogens with zero attached hydrogens (tertiary/aromatic N) is 1. The lowest BCUT2D eigenvalue weighted by molar-refractivity contribution is 0.289. The van der Waals surface area contributed by atoms with E-state index in [1.807, 2.05) is 0 Å². The topological polar surface area (TPSA) is 3.24 Å². The molecule has 0 N–H and O–H groups in total. The maximum Gasteiger partial charge on any atom is 0.103 e. The number of allylic oxidation sites excluding steroid dienone is 2. The molecule has 0 aromatic heterocycles. The number of hydrogen-bond acceptors (Lipinski definition) is 1. The molecule has 0 radical (unpaired) electrons. The van der Waals surface area contributed by atoms with Crippen LogP contribution in [0.15, 0.2) is 24.4 Å². The van der Waals surface area contributed by atoms with Crippen LogP contribution >= 0.6 is 15.9 Å². The Labute approximate surface area is 82.3 Å². The van der Waals surface area contributed by atoms with E-state index in [0.29, 0.717) is 4.95 Å². The fourth-order valence-electron chi connectivity index (χ4n) is 2.01. The predicted molar refractivity (Wildman–Crippen MR) is 55.1 cm³/mol. The molecule has 1 saturated carbocycles. The first-order valence-electron chi connectivity index (χ1n) is 4.64. The fraction of sp³-hybridized carbons (Fsp3) is 0.600. The van der Waals surface area contributed by atoms with Gasteiger partial charge < -0.3 is 4.90 Å². The highest BCUT2D eigenvalue weighted by Crippen LogP contribution is 2.28. The Morgan fingerprint density at radius 2 is 1.92 bits per heavy atom. The first kappa shape index (κ1) is 8.36. The van der Waals surface area contributed by atoms with Gasteiger partial charge in [0.15, 0.2) is 0 Å². The van der Waals surface area contributed by atoms with Gasteiger partial charge in [-0.1, -0.05) is 40.9 Å². The molecule has 1 unspecified atom stereocenters. The normalized spacial score (nSPS) is 30.1. The standard InChI is InChI=1S/C10H14BrN/c11-10-7-3-4-8-12(10)9-5-1-2-6-9/h3-4,7-10H,1-2,5-6H2. The minimum atomic E-state index is 0.422. The van der Waals surface area contributed by atoms with Crippen LogP contribution in [0.3, 0.4) is 0 Å². The van der Waals surface area contributed by atoms with Gasteiger partial charge in [0.05, 0.1) is 0 Å². The van der Waals surface area contributed by atoms with Crippen molar-refractivity contribution >= 4 is 15.9 Å². The Bertz CT molecular complexity index is 204. The molecule has 2 rings (SSSR count). The Hall–Kier alpha value is -0.240. The van der Waals surface area contributed by atoms with Crippen LogP contribution in [0.2, 0.25) is 0 Å². The number of rotatable bonds is 1. The Balaban J connectivity index is 2.02. The summed E-state index contributed by atoms with van der Waals surface area (Å²) in [7, 11) is 0. The summed E-state index contributed by atoms with van der Waals surface area (Å²) in [5.74, 6) is 0. The monoisotopic (exact) mass is 227 g/mol. The number of hydrogen-bond donors (Lipinski definition) is 0. The smallest absolute Gasteiger partial charge is 0.103 e. The summed E-state index contributed by atoms with van der Waals surface area (Å²) in [6.07, 6.45) is 14.1. The van der Waals surface area contributed by atoms with Crippen molar-refractivity contribution < 1.29 is 0 Å². The maximum atomic E-state index is 3.65. The molecule has 2 aliphatic rings. The van der Waals surface area contributed by atoms with E-state index in [0.717, 1.165) is 6.04 Å². The van der Waals surface area contributed by atoms with Gasteiger partial charge in [0, 0.05) is 12.2 Å². The van der Waals surface area contributed by atoms with Crippen LogP contribution in [0.5, 0.6) is 0 Å². The summed E-state index contributed by atoms with van der Waals surface area (Å²) in [6, 6.07) is 0.774. The van der Waals surface area contributed by atoms with Gasteiger partial charge in [0.2, 0.25) is 0 Å². The van der Waals surface area contributed by atoms with Gasteiger partial charge in [0.1, 0.15) is 4.95 Å². The van der Waals surface area contributed by atoms with E-state index in [1.54, 1.807) is 0 Å². The summed E-state index contributed by atoms with van der Waals surface area (Å²) in [5, 5.41) is 0. The molecular weight excluding hydrogens is 214 g/mol. The zero-order chi connectivity index (χ0) is 8.39. The molecule has 0 bridgehead atoms. The Kier molecular flexibility index (Phi) is 2.54. The molecule has 0 aromatic carbocycles. The van der Waals surface area contributed by atoms with E-state index in [9.17, 15) is 0 Å². The van der Waals surface area contributed by atoms with Crippen LogP contribution in [-0.4, -0.2) is 15.9 Å². The zero-order valence-corrected chi connectivity index (χ0v) is 8.70. The minimum absolute atomic E-state index is 0.422. The molecule has 0 aromatic rings. The van der Waals surface area contributed by atoms with Crippen molar-refractivity contribution in [3.63, 3.8) is 0 Å². The first-order valence-corrected chi connectivity index (χ1v) is 5.56. The summed E-state index contributed by atoms with van der Waals surface area (Å²) in [6.45, 7) is 0. The van der Waals surface area contributed by atoms with Crippen LogP contribution in [0, 0.1) is 0 Å². The van der Waals surface area contributed by atoms with Gasteiger partial charge in [-0.05, 0) is 18.9 Å². The SMILES string of the molecule is BrC1C=CC=CN1C1CCCC1. The highest BCUT2D eigenvalue weighted by Gasteiger charge is 2.24. The van der Waals surface area contributed by atoms with Crippen LogP contribution in [0.25, 0.3) is 0 Å². The summed E-state index contributed by atoms with van der Waals surface area (Å²) < 4.78 is 0. The Morgan fingerprint density at radius 3 is 2.58 bits per heavy atom. The molecule has 0 amide bonds. The average molecular weight is 228 g/mol. The van der Waals surface area contributed by atoms with Crippen molar-refractivity contribution in [1.29, 1.82) is 0 Å². The van der Waals surface area contributed by atoms with Crippen molar-refractivity contribution in [1.82, 2.24) is 4.90 Å². The van der Waals surface area contributed by atoms with E-state index in [1.165, 1.54) is 25.7 Å². The molecule has 1 aliphatic heterocycles. The van der Waals surface area contributed by atoms with Crippen LogP contribution in [0.1, 0.15) is 25.7 Å². The highest BCUT2D eigenvalue weighted by molar-refractivity contribution is 9.09. The average Bonchev–Trinajstić information content (AvgIpc) is 2.57. The number of halogens is 1. The van der Waals surface area contributed by atoms with E-state index >= 15 is 0 Å². The van der Waals surface area contributed by atoms with Crippen molar-refractivity contribution in [2.45, 2.75) is 36.7 Å². The van der Waals surface area contributed by atoms with E-state index in [-0.39, 0.29) is 0 Å². The van der Waals surface area contributed by atoms with Crippen LogP contribution in [0.4, 0.5) is 0 Å². The summed E-state index contributed by atoms with van der Waals surface area (Å²) in [4.78, 5) is 2.85. The zero-order valence-electron chi connectivity index (χ0n) is 7.12. The number of alkyl halides is 1. The van der Waals surface area contributed by atoms with E-state index in [2.05, 4.69) is 45.3 Å². The quantitative estimate of drug-likeness (QED) is 0.492. The minimum Gasteiger partial charge on any atom is -0.359 e. The van der Waals surface area contributed by atoms with Gasteiger partial charge >= 0.3 is 0 Å². The molecule has 0 spiro atoms. The maximum absolute atomic E-state index is 3.65. The van der Waals surface area contributed by atoms with Crippen LogP contribution in [-0.2, 0) is 0 Å². The van der Waals surface area contributed by atoms with Crippen molar-refractivity contribution in [3.05, 3.63) is 24.4 Å². The second-order valence-electron chi connectivity index (χ2n) is 3.48. The predicted octanol–water partition coefficient (Wildman–Crippen LogP) is 3.04. The lowest BCUT2D eigenvalue weighted by Crippen LogP contribution is -2.34. The molecule has 66 valence electrons. The second-order valence-corrected chi connectivity index (χ2v) is 4.42. The molecule has 12 heavy (non-hydrogen) atoms. The van der Waals surface area contributed by atoms with E-state index in [4.69, 9.17) is 0 Å². The third-order valence-electron chi connectivity index (χ3n) is 2.67. The lowest BCUT2D eigenvalue weighted by Gasteiger charge is -2.32. The van der Waals surface area contributed by atoms with Gasteiger partial charge in [-0.3, -0.25) is 0 Å². The van der Waals surface area contributed by atoms with Crippen molar-refractivity contribution in [2.24, 2.45) is 0 Å². The molecule has 0 saturated heterocycles. The molecule has 1 nitrogen and oxygen atoms in total. The van der Waals surface area contributed by atoms with Gasteiger partial charge in [-0.25, -0.2) is 0 Å². The molecule has 1 fully saturated rings. The lowest BCUT2D eigenvalue weighted by atomic mass is 10.2. The third-order valence-corrected chi connectivity index (χ3v) is 3.45. The Morgan fingerprint density at radius 1 is 1.17 bits per heavy atom. The van der Waals surface area contributed by atoms with Gasteiger partial charge in [-0.2, -0.15) is 0 Å². The van der Waals surface area contributed by atoms with Crippen LogP contribution < -0.4 is 0 Å². The molecule has 2 heteroatoms. The van der Waals surface area contributed by atoms with Crippen molar-refractivity contribution in [2.75, 3.05) is 0 Å². The molecule has 1 aliphatic carbocycles. The van der Waals surface area contributed by atoms with Gasteiger partial charge in [0.25, 0.3) is 0 Å². The van der Waals surface area contributed by atoms with E-state index < -0.39 is 0 Å². The largest absolute Gasteiger partial charge is 0.359 e. The third kappa shape index (κ3) is 1.58. The fourth-order valence-corrected chi connectivity index (χ4v) is 2.66. The summed E-state index contributed by atoms with van der Waals surface area (Å²) >= 11 is 3.65. The van der Waals surface area contributed by atoms with Crippen molar-refractivity contribution in [3.8, 4) is 0 Å². The molecule has 1 heterocycles. The van der Waals surface area contributed by atoms with Gasteiger partial charge in [-0.15, -0.1) is 0 Å². The molecular formula is C10H14BrN.